The molecular formula is C19H19F3. The van der Waals surface area contributed by atoms with Crippen molar-refractivity contribution in [2.24, 2.45) is 0 Å². The summed E-state index contributed by atoms with van der Waals surface area (Å²) in [6.45, 7) is 2.17. The first kappa shape index (κ1) is 16.3. The highest BCUT2D eigenvalue weighted by Crippen LogP contribution is 2.18. The zero-order chi connectivity index (χ0) is 15.9. The molecule has 3 heteroatoms. The third-order valence-corrected chi connectivity index (χ3v) is 3.57. The predicted octanol–water partition coefficient (Wildman–Crippen LogP) is 6.01. The van der Waals surface area contributed by atoms with Crippen LogP contribution in [0.1, 0.15) is 42.9 Å². The first-order chi connectivity index (χ1) is 10.6. The van der Waals surface area contributed by atoms with Crippen molar-refractivity contribution in [2.75, 3.05) is 0 Å². The maximum absolute atomic E-state index is 13.5. The van der Waals surface area contributed by atoms with Gasteiger partial charge in [-0.05, 0) is 36.1 Å². The van der Waals surface area contributed by atoms with E-state index in [1.807, 2.05) is 24.3 Å². The molecule has 0 N–H and O–H groups in total. The average Bonchev–Trinajstić information content (AvgIpc) is 2.53. The van der Waals surface area contributed by atoms with Crippen LogP contribution in [0.3, 0.4) is 0 Å². The Morgan fingerprint density at radius 2 is 1.55 bits per heavy atom. The number of halogens is 3. The molecule has 0 radical (unpaired) electrons. The second-order valence-electron chi connectivity index (χ2n) is 5.30. The maximum Gasteiger partial charge on any atom is 0.195 e. The molecule has 0 spiro atoms. The van der Waals surface area contributed by atoms with E-state index in [0.29, 0.717) is 0 Å². The van der Waals surface area contributed by atoms with E-state index >= 15 is 0 Å². The summed E-state index contributed by atoms with van der Waals surface area (Å²) in [7, 11) is 0. The molecule has 0 aromatic heterocycles. The summed E-state index contributed by atoms with van der Waals surface area (Å²) >= 11 is 0. The molecule has 22 heavy (non-hydrogen) atoms. The quantitative estimate of drug-likeness (QED) is 0.348. The number of hydrogen-bond donors (Lipinski definition) is 0. The fraction of sp³-hybridized carbons (Fsp3) is 0.263. The molecule has 0 aliphatic carbocycles. The highest BCUT2D eigenvalue weighted by Gasteiger charge is 2.10. The van der Waals surface area contributed by atoms with Crippen LogP contribution < -0.4 is 0 Å². The van der Waals surface area contributed by atoms with Gasteiger partial charge < -0.3 is 0 Å². The Labute approximate surface area is 129 Å². The summed E-state index contributed by atoms with van der Waals surface area (Å²) in [6, 6.07) is 10.1. The first-order valence-electron chi connectivity index (χ1n) is 7.52. The molecule has 0 aliphatic heterocycles. The van der Waals surface area contributed by atoms with Gasteiger partial charge in [-0.3, -0.25) is 0 Å². The third kappa shape index (κ3) is 4.23. The average molecular weight is 304 g/mol. The van der Waals surface area contributed by atoms with Crippen LogP contribution in [0.15, 0.2) is 36.4 Å². The Morgan fingerprint density at radius 1 is 0.818 bits per heavy atom. The van der Waals surface area contributed by atoms with E-state index in [1.54, 1.807) is 6.08 Å². The van der Waals surface area contributed by atoms with Gasteiger partial charge in [0.1, 0.15) is 0 Å². The molecule has 0 heterocycles. The Bertz CT molecular complexity index is 642. The molecule has 0 saturated heterocycles. The van der Waals surface area contributed by atoms with Gasteiger partial charge in [-0.15, -0.1) is 0 Å². The molecule has 2 aromatic carbocycles. The van der Waals surface area contributed by atoms with Crippen LogP contribution in [0.4, 0.5) is 13.2 Å². The largest absolute Gasteiger partial charge is 0.204 e. The molecule has 0 unspecified atom stereocenters. The van der Waals surface area contributed by atoms with Crippen molar-refractivity contribution in [3.05, 3.63) is 70.5 Å². The highest BCUT2D eigenvalue weighted by atomic mass is 19.2. The van der Waals surface area contributed by atoms with E-state index in [4.69, 9.17) is 0 Å². The number of aryl methyl sites for hydroxylation is 1. The molecule has 0 bridgehead atoms. The molecule has 0 fully saturated rings. The monoisotopic (exact) mass is 304 g/mol. The second kappa shape index (κ2) is 7.83. The number of rotatable bonds is 6. The van der Waals surface area contributed by atoms with Gasteiger partial charge in [0.15, 0.2) is 17.5 Å². The van der Waals surface area contributed by atoms with Crippen molar-refractivity contribution in [3.63, 3.8) is 0 Å². The molecule has 0 nitrogen and oxygen atoms in total. The number of unbranched alkanes of at least 4 members (excludes halogenated alkanes) is 2. The lowest BCUT2D eigenvalue weighted by Gasteiger charge is -2.02. The topological polar surface area (TPSA) is 0 Å². The lowest BCUT2D eigenvalue weighted by molar-refractivity contribution is 0.446. The van der Waals surface area contributed by atoms with Crippen LogP contribution in [0.2, 0.25) is 0 Å². The summed E-state index contributed by atoms with van der Waals surface area (Å²) in [5, 5.41) is 0. The van der Waals surface area contributed by atoms with E-state index in [0.717, 1.165) is 18.1 Å². The van der Waals surface area contributed by atoms with E-state index in [9.17, 15) is 13.2 Å². The lowest BCUT2D eigenvalue weighted by Crippen LogP contribution is -1.92. The second-order valence-corrected chi connectivity index (χ2v) is 5.30. The Morgan fingerprint density at radius 3 is 2.23 bits per heavy atom. The van der Waals surface area contributed by atoms with Crippen LogP contribution >= 0.6 is 0 Å². The van der Waals surface area contributed by atoms with Crippen LogP contribution in [0.25, 0.3) is 12.2 Å². The van der Waals surface area contributed by atoms with Gasteiger partial charge in [0.05, 0.1) is 0 Å². The zero-order valence-corrected chi connectivity index (χ0v) is 12.6. The van der Waals surface area contributed by atoms with Crippen LogP contribution in [-0.4, -0.2) is 0 Å². The third-order valence-electron chi connectivity index (χ3n) is 3.57. The number of hydrogen-bond acceptors (Lipinski definition) is 0. The van der Waals surface area contributed by atoms with Gasteiger partial charge in [0, 0.05) is 5.56 Å². The summed E-state index contributed by atoms with van der Waals surface area (Å²) < 4.78 is 39.5. The van der Waals surface area contributed by atoms with Gasteiger partial charge in [0.25, 0.3) is 0 Å². The molecular weight excluding hydrogens is 285 g/mol. The standard InChI is InChI=1S/C19H19F3/c1-2-3-4-5-14-6-8-15(9-7-14)10-11-16-12-13-17(20)19(22)18(16)21/h6-13H,2-5H2,1H3. The van der Waals surface area contributed by atoms with Crippen molar-refractivity contribution < 1.29 is 13.2 Å². The first-order valence-corrected chi connectivity index (χ1v) is 7.52. The van der Waals surface area contributed by atoms with Crippen LogP contribution in [-0.2, 0) is 6.42 Å². The SMILES string of the molecule is CCCCCc1ccc(C=Cc2ccc(F)c(F)c2F)cc1. The van der Waals surface area contributed by atoms with Crippen LogP contribution in [0.5, 0.6) is 0 Å². The minimum Gasteiger partial charge on any atom is -0.204 e. The zero-order valence-electron chi connectivity index (χ0n) is 12.6. The molecule has 116 valence electrons. The van der Waals surface area contributed by atoms with Crippen molar-refractivity contribution >= 4 is 12.2 Å². The Hall–Kier alpha value is -2.03. The molecule has 0 aliphatic rings. The molecule has 0 atom stereocenters. The van der Waals surface area contributed by atoms with Crippen molar-refractivity contribution in [3.8, 4) is 0 Å². The molecule has 0 saturated carbocycles. The maximum atomic E-state index is 13.5. The van der Waals surface area contributed by atoms with E-state index in [-0.39, 0.29) is 5.56 Å². The van der Waals surface area contributed by atoms with Gasteiger partial charge in [-0.25, -0.2) is 13.2 Å². The fourth-order valence-corrected chi connectivity index (χ4v) is 2.23. The molecule has 2 aromatic rings. The van der Waals surface area contributed by atoms with Gasteiger partial charge in [-0.2, -0.15) is 0 Å². The minimum atomic E-state index is -1.44. The predicted molar refractivity (Wildman–Crippen MR) is 84.9 cm³/mol. The smallest absolute Gasteiger partial charge is 0.195 e. The Kier molecular flexibility index (Phi) is 5.82. The van der Waals surface area contributed by atoms with E-state index in [2.05, 4.69) is 6.92 Å². The normalized spacial score (nSPS) is 11.3. The molecule has 2 rings (SSSR count). The van der Waals surface area contributed by atoms with E-state index < -0.39 is 17.5 Å². The molecule has 0 amide bonds. The minimum absolute atomic E-state index is 0.0333. The lowest BCUT2D eigenvalue weighted by atomic mass is 10.0. The Balaban J connectivity index is 2.06. The van der Waals surface area contributed by atoms with Gasteiger partial charge in [0.2, 0.25) is 0 Å². The summed E-state index contributed by atoms with van der Waals surface area (Å²) in [5.74, 6) is -3.77. The van der Waals surface area contributed by atoms with Crippen molar-refractivity contribution in [1.29, 1.82) is 0 Å². The fourth-order valence-electron chi connectivity index (χ4n) is 2.23. The summed E-state index contributed by atoms with van der Waals surface area (Å²) in [6.07, 6.45) is 7.77. The number of benzene rings is 2. The summed E-state index contributed by atoms with van der Waals surface area (Å²) in [5.41, 5.74) is 2.19. The summed E-state index contributed by atoms with van der Waals surface area (Å²) in [4.78, 5) is 0. The van der Waals surface area contributed by atoms with Crippen LogP contribution in [0, 0.1) is 17.5 Å². The highest BCUT2D eigenvalue weighted by molar-refractivity contribution is 5.69. The van der Waals surface area contributed by atoms with E-state index in [1.165, 1.54) is 37.0 Å². The van der Waals surface area contributed by atoms with Crippen molar-refractivity contribution in [1.82, 2.24) is 0 Å². The van der Waals surface area contributed by atoms with Gasteiger partial charge in [-0.1, -0.05) is 56.2 Å². The van der Waals surface area contributed by atoms with Crippen molar-refractivity contribution in [2.45, 2.75) is 32.6 Å². The van der Waals surface area contributed by atoms with Gasteiger partial charge >= 0.3 is 0 Å².